The Hall–Kier alpha value is -2.31. The van der Waals surface area contributed by atoms with Crippen molar-refractivity contribution in [2.24, 2.45) is 11.8 Å². The van der Waals surface area contributed by atoms with Gasteiger partial charge in [-0.15, -0.1) is 0 Å². The number of carbonyl (C=O) groups is 3. The summed E-state index contributed by atoms with van der Waals surface area (Å²) in [5, 5.41) is 9.78. The van der Waals surface area contributed by atoms with E-state index in [-0.39, 0.29) is 18.3 Å². The van der Waals surface area contributed by atoms with E-state index in [1.807, 2.05) is 0 Å². The number of ether oxygens (including phenoxy) is 1. The second kappa shape index (κ2) is 4.62. The van der Waals surface area contributed by atoms with E-state index < -0.39 is 28.9 Å². The molecular formula is C18H17NO5. The molecule has 2 saturated heterocycles. The average molecular weight is 327 g/mol. The predicted molar refractivity (Wildman–Crippen MR) is 84.4 cm³/mol. The van der Waals surface area contributed by atoms with Gasteiger partial charge in [-0.3, -0.25) is 14.4 Å². The Morgan fingerprint density at radius 3 is 2.62 bits per heavy atom. The third kappa shape index (κ3) is 1.70. The maximum absolute atomic E-state index is 13.0. The Kier molecular flexibility index (Phi) is 2.93. The highest BCUT2D eigenvalue weighted by Gasteiger charge is 2.72. The quantitative estimate of drug-likeness (QED) is 0.510. The second-order valence-corrected chi connectivity index (χ2v) is 6.81. The molecule has 0 radical (unpaired) electrons. The van der Waals surface area contributed by atoms with Crippen LogP contribution in [0.25, 0.3) is 0 Å². The summed E-state index contributed by atoms with van der Waals surface area (Å²) in [7, 11) is 0. The molecule has 0 saturated carbocycles. The van der Waals surface area contributed by atoms with E-state index in [0.29, 0.717) is 11.3 Å². The third-order valence-corrected chi connectivity index (χ3v) is 5.31. The van der Waals surface area contributed by atoms with Crippen molar-refractivity contribution >= 4 is 23.3 Å². The maximum Gasteiger partial charge on any atom is 0.241 e. The van der Waals surface area contributed by atoms with Crippen LogP contribution in [0.15, 0.2) is 36.4 Å². The summed E-state index contributed by atoms with van der Waals surface area (Å²) >= 11 is 0. The summed E-state index contributed by atoms with van der Waals surface area (Å²) in [6.45, 7) is 2.83. The molecule has 24 heavy (non-hydrogen) atoms. The van der Waals surface area contributed by atoms with E-state index in [1.165, 1.54) is 6.92 Å². The molecule has 0 unspecified atom stereocenters. The van der Waals surface area contributed by atoms with Crippen molar-refractivity contribution in [3.8, 4) is 0 Å². The molecule has 0 spiro atoms. The lowest BCUT2D eigenvalue weighted by Gasteiger charge is -2.27. The number of benzene rings is 1. The molecule has 1 aromatic rings. The molecule has 4 rings (SSSR count). The van der Waals surface area contributed by atoms with Gasteiger partial charge in [0.15, 0.2) is 5.78 Å². The van der Waals surface area contributed by atoms with Crippen LogP contribution in [-0.4, -0.2) is 40.5 Å². The summed E-state index contributed by atoms with van der Waals surface area (Å²) in [6, 6.07) is 6.47. The zero-order valence-electron chi connectivity index (χ0n) is 13.4. The largest absolute Gasteiger partial charge is 0.393 e. The molecule has 3 aliphatic heterocycles. The van der Waals surface area contributed by atoms with Gasteiger partial charge in [0.25, 0.3) is 0 Å². The zero-order chi connectivity index (χ0) is 17.3. The first-order valence-corrected chi connectivity index (χ1v) is 7.83. The minimum Gasteiger partial charge on any atom is -0.393 e. The van der Waals surface area contributed by atoms with E-state index in [0.717, 1.165) is 4.90 Å². The highest BCUT2D eigenvalue weighted by atomic mass is 16.5. The molecule has 2 amide bonds. The van der Waals surface area contributed by atoms with Crippen molar-refractivity contribution in [3.63, 3.8) is 0 Å². The number of carbonyl (C=O) groups excluding carboxylic acids is 3. The van der Waals surface area contributed by atoms with Crippen molar-refractivity contribution in [1.29, 1.82) is 0 Å². The number of nitrogens with zero attached hydrogens (tertiary/aromatic N) is 1. The molecule has 0 aromatic heterocycles. The van der Waals surface area contributed by atoms with Gasteiger partial charge in [-0.05, 0) is 26.0 Å². The Morgan fingerprint density at radius 1 is 1.25 bits per heavy atom. The molecule has 124 valence electrons. The molecule has 3 aliphatic rings. The van der Waals surface area contributed by atoms with Crippen LogP contribution < -0.4 is 4.90 Å². The number of amides is 2. The Labute approximate surface area is 138 Å². The van der Waals surface area contributed by atoms with Crippen LogP contribution in [0.4, 0.5) is 5.69 Å². The summed E-state index contributed by atoms with van der Waals surface area (Å²) in [6.07, 6.45) is 3.44. The Bertz CT molecular complexity index is 815. The van der Waals surface area contributed by atoms with E-state index in [4.69, 9.17) is 4.74 Å². The highest BCUT2D eigenvalue weighted by molar-refractivity contribution is 6.23. The van der Waals surface area contributed by atoms with Crippen LogP contribution >= 0.6 is 0 Å². The average Bonchev–Trinajstić information content (AvgIpc) is 3.13. The van der Waals surface area contributed by atoms with Crippen molar-refractivity contribution in [2.75, 3.05) is 11.5 Å². The number of hydrogen-bond donors (Lipinski definition) is 1. The molecule has 1 N–H and O–H groups in total. The molecule has 0 aliphatic carbocycles. The fourth-order valence-corrected chi connectivity index (χ4v) is 4.16. The molecule has 6 heteroatoms. The standard InChI is InChI=1S/C18H17NO5/c1-10(21)11-4-3-5-12(8-11)19-15(22)13-14(16(19)23)18(9-20)7-6-17(13,2)24-18/h3-8,13-14,20H,9H2,1-2H3/t13-,14+,17+,18-/m0/s1. The van der Waals surface area contributed by atoms with Crippen LogP contribution in [0, 0.1) is 11.8 Å². The molecule has 2 fully saturated rings. The summed E-state index contributed by atoms with van der Waals surface area (Å²) < 4.78 is 5.87. The number of aliphatic hydroxyl groups is 1. The monoisotopic (exact) mass is 327 g/mol. The van der Waals surface area contributed by atoms with E-state index >= 15 is 0 Å². The first-order chi connectivity index (χ1) is 11.3. The van der Waals surface area contributed by atoms with Crippen LogP contribution in [0.2, 0.25) is 0 Å². The lowest BCUT2D eigenvalue weighted by molar-refractivity contribution is -0.131. The van der Waals surface area contributed by atoms with Crippen molar-refractivity contribution in [1.82, 2.24) is 0 Å². The van der Waals surface area contributed by atoms with Gasteiger partial charge >= 0.3 is 0 Å². The number of anilines is 1. The smallest absolute Gasteiger partial charge is 0.241 e. The van der Waals surface area contributed by atoms with Gasteiger partial charge in [-0.25, -0.2) is 4.90 Å². The van der Waals surface area contributed by atoms with Crippen LogP contribution in [-0.2, 0) is 14.3 Å². The lowest BCUT2D eigenvalue weighted by Crippen LogP contribution is -2.43. The number of Topliss-reactive ketones (excluding diaryl/α,β-unsaturated/α-hetero) is 1. The lowest BCUT2D eigenvalue weighted by atomic mass is 9.73. The van der Waals surface area contributed by atoms with Gasteiger partial charge in [0, 0.05) is 5.56 Å². The molecule has 1 aromatic carbocycles. The predicted octanol–water partition coefficient (Wildman–Crippen LogP) is 1.08. The number of ketones is 1. The van der Waals surface area contributed by atoms with Gasteiger partial charge in [-0.2, -0.15) is 0 Å². The number of rotatable bonds is 3. The number of fused-ring (bicyclic) bond motifs is 5. The minimum atomic E-state index is -1.14. The van der Waals surface area contributed by atoms with Crippen LogP contribution in [0.1, 0.15) is 24.2 Å². The van der Waals surface area contributed by atoms with Crippen molar-refractivity contribution in [2.45, 2.75) is 25.0 Å². The molecule has 2 bridgehead atoms. The van der Waals surface area contributed by atoms with Gasteiger partial charge in [0.2, 0.25) is 11.8 Å². The zero-order valence-corrected chi connectivity index (χ0v) is 13.4. The first-order valence-electron chi connectivity index (χ1n) is 7.83. The second-order valence-electron chi connectivity index (χ2n) is 6.81. The van der Waals surface area contributed by atoms with Gasteiger partial charge in [-0.1, -0.05) is 24.3 Å². The fourth-order valence-electron chi connectivity index (χ4n) is 4.16. The Balaban J connectivity index is 1.80. The summed E-state index contributed by atoms with van der Waals surface area (Å²) in [5.41, 5.74) is -1.22. The van der Waals surface area contributed by atoms with E-state index in [2.05, 4.69) is 0 Å². The summed E-state index contributed by atoms with van der Waals surface area (Å²) in [4.78, 5) is 38.6. The van der Waals surface area contributed by atoms with Crippen LogP contribution in [0.3, 0.4) is 0 Å². The Morgan fingerprint density at radius 2 is 1.96 bits per heavy atom. The normalized spacial score (nSPS) is 36.5. The number of aliphatic hydroxyl groups excluding tert-OH is 1. The van der Waals surface area contributed by atoms with Gasteiger partial charge in [0.1, 0.15) is 5.60 Å². The minimum absolute atomic E-state index is 0.139. The number of imide groups is 1. The van der Waals surface area contributed by atoms with Crippen LogP contribution in [0.5, 0.6) is 0 Å². The topological polar surface area (TPSA) is 83.9 Å². The van der Waals surface area contributed by atoms with E-state index in [1.54, 1.807) is 43.3 Å². The first kappa shape index (κ1) is 15.2. The maximum atomic E-state index is 13.0. The molecule has 6 nitrogen and oxygen atoms in total. The molecular weight excluding hydrogens is 310 g/mol. The third-order valence-electron chi connectivity index (χ3n) is 5.31. The van der Waals surface area contributed by atoms with Crippen molar-refractivity contribution in [3.05, 3.63) is 42.0 Å². The van der Waals surface area contributed by atoms with E-state index in [9.17, 15) is 19.5 Å². The van der Waals surface area contributed by atoms with Crippen molar-refractivity contribution < 1.29 is 24.2 Å². The highest BCUT2D eigenvalue weighted by Crippen LogP contribution is 2.57. The molecule has 4 atom stereocenters. The fraction of sp³-hybridized carbons (Fsp3) is 0.389. The molecule has 3 heterocycles. The van der Waals surface area contributed by atoms with Gasteiger partial charge < -0.3 is 9.84 Å². The van der Waals surface area contributed by atoms with Gasteiger partial charge in [0.05, 0.1) is 29.7 Å². The SMILES string of the molecule is CC(=O)c1cccc(N2C(=O)[C@@H]3[C@H](C2=O)[C@@]2(CO)C=C[C@@]3(C)O2)c1. The number of hydrogen-bond acceptors (Lipinski definition) is 5. The summed E-state index contributed by atoms with van der Waals surface area (Å²) in [5.74, 6) is -2.30.